The lowest BCUT2D eigenvalue weighted by Crippen LogP contribution is -2.61. The molecule has 2 aliphatic rings. The summed E-state index contributed by atoms with van der Waals surface area (Å²) in [6.45, 7) is 4.95. The van der Waals surface area contributed by atoms with E-state index in [1.54, 1.807) is 12.2 Å². The van der Waals surface area contributed by atoms with Crippen LogP contribution in [0.5, 0.6) is 0 Å². The molecule has 1 aromatic carbocycles. The maximum Gasteiger partial charge on any atom is 0.325 e. The number of aryl methyl sites for hydroxylation is 1. The lowest BCUT2D eigenvalue weighted by molar-refractivity contribution is -0.196. The fraction of sp³-hybridized carbons (Fsp3) is 0.545. The van der Waals surface area contributed by atoms with Gasteiger partial charge in [-0.1, -0.05) is 72.1 Å². The highest BCUT2D eigenvalue weighted by Gasteiger charge is 2.47. The van der Waals surface area contributed by atoms with Crippen LogP contribution in [0.25, 0.3) is 17.0 Å². The van der Waals surface area contributed by atoms with Gasteiger partial charge in [-0.2, -0.15) is 0 Å². The van der Waals surface area contributed by atoms with E-state index in [9.17, 15) is 19.2 Å². The number of pyridine rings is 1. The quantitative estimate of drug-likeness (QED) is 0.251. The molecular formula is C33H40Cl3FN4O8. The highest BCUT2D eigenvalue weighted by molar-refractivity contribution is 6.67. The zero-order valence-corrected chi connectivity index (χ0v) is 29.9. The number of hydrogen-bond acceptors (Lipinski definition) is 10. The molecule has 268 valence electrons. The SMILES string of the molecule is CCc1ccc2ccc(/C=C/C3(C(=O)O[C@H](C(=O)N[C@@H](C)C(=O)N4CCC[C@@H](C(=O)OCC(Cl)(Cl)Cl)N4)C(C)(C)F)COCOC3)cc2n1. The minimum atomic E-state index is -2.36. The van der Waals surface area contributed by atoms with Crippen LogP contribution in [0.3, 0.4) is 0 Å². The van der Waals surface area contributed by atoms with Crippen LogP contribution in [0.4, 0.5) is 4.39 Å². The minimum absolute atomic E-state index is 0.0588. The van der Waals surface area contributed by atoms with Crippen LogP contribution in [0.1, 0.15) is 51.8 Å². The summed E-state index contributed by atoms with van der Waals surface area (Å²) in [4.78, 5) is 57.5. The summed E-state index contributed by atoms with van der Waals surface area (Å²) in [5, 5.41) is 4.54. The predicted molar refractivity (Wildman–Crippen MR) is 181 cm³/mol. The smallest absolute Gasteiger partial charge is 0.325 e. The van der Waals surface area contributed by atoms with Gasteiger partial charge in [0.15, 0.2) is 5.67 Å². The number of nitrogens with one attached hydrogen (secondary N) is 2. The highest BCUT2D eigenvalue weighted by atomic mass is 35.6. The summed E-state index contributed by atoms with van der Waals surface area (Å²) >= 11 is 16.9. The number of esters is 2. The van der Waals surface area contributed by atoms with Gasteiger partial charge in [0, 0.05) is 17.6 Å². The fourth-order valence-corrected chi connectivity index (χ4v) is 5.41. The van der Waals surface area contributed by atoms with Crippen LogP contribution in [0.2, 0.25) is 0 Å². The van der Waals surface area contributed by atoms with E-state index in [0.717, 1.165) is 47.4 Å². The highest BCUT2D eigenvalue weighted by Crippen LogP contribution is 2.31. The molecule has 49 heavy (non-hydrogen) atoms. The summed E-state index contributed by atoms with van der Waals surface area (Å²) in [7, 11) is 0. The van der Waals surface area contributed by atoms with E-state index < -0.39 is 63.4 Å². The summed E-state index contributed by atoms with van der Waals surface area (Å²) in [5.74, 6) is -3.34. The van der Waals surface area contributed by atoms with Crippen molar-refractivity contribution in [3.05, 3.63) is 47.7 Å². The minimum Gasteiger partial charge on any atom is -0.460 e. The number of hydrogen-bond donors (Lipinski definition) is 2. The standard InChI is InChI=1S/C33H40Cl3FN4O8/c1-5-23-11-10-22-9-8-21(15-25(22)39-23)12-13-32(16-46-19-47-17-32)30(45)49-26(31(3,4)37)27(42)38-20(2)28(43)41-14-6-7-24(40-41)29(44)48-18-33(34,35)36/h8-13,15,20,24,26,40H,5-7,14,16-19H2,1-4H3,(H,38,42)/b13-12+/t20-,24-,26+/m0/s1. The van der Waals surface area contributed by atoms with Gasteiger partial charge in [-0.05, 0) is 57.7 Å². The van der Waals surface area contributed by atoms with Gasteiger partial charge >= 0.3 is 11.9 Å². The topological polar surface area (TPSA) is 145 Å². The van der Waals surface area contributed by atoms with E-state index in [4.69, 9.17) is 53.8 Å². The molecule has 0 aliphatic carbocycles. The summed E-state index contributed by atoms with van der Waals surface area (Å²) in [6.07, 6.45) is 2.86. The Kier molecular flexibility index (Phi) is 12.9. The molecule has 1 aromatic heterocycles. The van der Waals surface area contributed by atoms with Gasteiger partial charge in [0.05, 0.1) is 18.7 Å². The Bertz CT molecular complexity index is 1560. The molecule has 2 fully saturated rings. The Morgan fingerprint density at radius 2 is 1.88 bits per heavy atom. The number of carbonyl (C=O) groups excluding carboxylic acids is 4. The molecule has 3 heterocycles. The second-order valence-electron chi connectivity index (χ2n) is 12.5. The van der Waals surface area contributed by atoms with Crippen LogP contribution in [0, 0.1) is 5.41 Å². The third kappa shape index (κ3) is 10.5. The number of amides is 2. The molecule has 2 aromatic rings. The molecule has 0 radical (unpaired) electrons. The molecule has 2 N–H and O–H groups in total. The van der Waals surface area contributed by atoms with Gasteiger partial charge in [0.1, 0.15) is 30.9 Å². The number of rotatable bonds is 11. The molecule has 0 unspecified atom stereocenters. The van der Waals surface area contributed by atoms with E-state index in [0.29, 0.717) is 12.8 Å². The van der Waals surface area contributed by atoms with Crippen molar-refractivity contribution in [2.75, 3.05) is 33.2 Å². The second kappa shape index (κ2) is 16.3. The first-order valence-corrected chi connectivity index (χ1v) is 16.9. The zero-order chi connectivity index (χ0) is 36.0. The van der Waals surface area contributed by atoms with Crippen LogP contribution in [-0.2, 0) is 44.5 Å². The van der Waals surface area contributed by atoms with Crippen LogP contribution in [-0.4, -0.2) is 94.6 Å². The van der Waals surface area contributed by atoms with Gasteiger partial charge in [0.25, 0.3) is 11.8 Å². The van der Waals surface area contributed by atoms with Crippen molar-refractivity contribution in [2.24, 2.45) is 5.41 Å². The molecule has 12 nitrogen and oxygen atoms in total. The molecule has 3 atom stereocenters. The number of ether oxygens (including phenoxy) is 4. The average Bonchev–Trinajstić information content (AvgIpc) is 3.07. The van der Waals surface area contributed by atoms with Gasteiger partial charge < -0.3 is 24.3 Å². The molecule has 0 bridgehead atoms. The number of nitrogens with zero attached hydrogens (tertiary/aromatic N) is 2. The Morgan fingerprint density at radius 1 is 1.18 bits per heavy atom. The normalized spacial score (nSPS) is 19.7. The average molecular weight is 746 g/mol. The first-order chi connectivity index (χ1) is 23.0. The van der Waals surface area contributed by atoms with Gasteiger partial charge in [-0.3, -0.25) is 29.2 Å². The Morgan fingerprint density at radius 3 is 2.53 bits per heavy atom. The van der Waals surface area contributed by atoms with Crippen molar-refractivity contribution in [3.63, 3.8) is 0 Å². The zero-order valence-electron chi connectivity index (χ0n) is 27.6. The van der Waals surface area contributed by atoms with Crippen molar-refractivity contribution < 1.29 is 42.5 Å². The van der Waals surface area contributed by atoms with Crippen molar-refractivity contribution in [1.29, 1.82) is 0 Å². The lowest BCUT2D eigenvalue weighted by atomic mass is 9.88. The number of halogens is 4. The Hall–Kier alpha value is -3.07. The van der Waals surface area contributed by atoms with Crippen molar-refractivity contribution in [2.45, 2.75) is 74.6 Å². The number of carbonyl (C=O) groups is 4. The lowest BCUT2D eigenvalue weighted by Gasteiger charge is -2.36. The molecule has 4 rings (SSSR count). The van der Waals surface area contributed by atoms with E-state index in [-0.39, 0.29) is 26.6 Å². The maximum atomic E-state index is 15.5. The van der Waals surface area contributed by atoms with Gasteiger partial charge in [-0.15, -0.1) is 0 Å². The van der Waals surface area contributed by atoms with Gasteiger partial charge in [0.2, 0.25) is 9.90 Å². The third-order valence-corrected chi connectivity index (χ3v) is 8.28. The first kappa shape index (κ1) is 38.7. The van der Waals surface area contributed by atoms with Crippen molar-refractivity contribution in [3.8, 4) is 0 Å². The molecule has 16 heteroatoms. The Labute approximate surface area is 298 Å². The molecular weight excluding hydrogens is 706 g/mol. The fourth-order valence-electron chi connectivity index (χ4n) is 5.25. The monoisotopic (exact) mass is 744 g/mol. The second-order valence-corrected chi connectivity index (χ2v) is 15.0. The van der Waals surface area contributed by atoms with E-state index in [1.165, 1.54) is 6.92 Å². The number of alkyl halides is 4. The molecule has 0 saturated carbocycles. The predicted octanol–water partition coefficient (Wildman–Crippen LogP) is 4.37. The van der Waals surface area contributed by atoms with E-state index in [1.807, 2.05) is 37.3 Å². The number of aromatic nitrogens is 1. The Balaban J connectivity index is 1.45. The van der Waals surface area contributed by atoms with Crippen molar-refractivity contribution in [1.82, 2.24) is 20.7 Å². The van der Waals surface area contributed by atoms with Crippen molar-refractivity contribution >= 4 is 75.5 Å². The number of benzene rings is 1. The summed E-state index contributed by atoms with van der Waals surface area (Å²) in [5.41, 5.74) is 1.35. The summed E-state index contributed by atoms with van der Waals surface area (Å²) < 4.78 is 35.2. The molecule has 2 aliphatic heterocycles. The summed E-state index contributed by atoms with van der Waals surface area (Å²) in [6, 6.07) is 7.49. The third-order valence-electron chi connectivity index (χ3n) is 7.95. The van der Waals surface area contributed by atoms with Crippen LogP contribution < -0.4 is 10.7 Å². The molecule has 2 saturated heterocycles. The number of hydrazine groups is 1. The number of fused-ring (bicyclic) bond motifs is 1. The van der Waals surface area contributed by atoms with E-state index in [2.05, 4.69) is 15.7 Å². The maximum absolute atomic E-state index is 15.5. The van der Waals surface area contributed by atoms with Crippen LogP contribution >= 0.6 is 34.8 Å². The van der Waals surface area contributed by atoms with Crippen LogP contribution in [0.15, 0.2) is 36.4 Å². The first-order valence-electron chi connectivity index (χ1n) is 15.8. The molecule has 2 amide bonds. The van der Waals surface area contributed by atoms with E-state index >= 15 is 4.39 Å². The molecule has 0 spiro atoms. The largest absolute Gasteiger partial charge is 0.460 e. The van der Waals surface area contributed by atoms with Gasteiger partial charge in [-0.25, -0.2) is 9.82 Å².